The lowest BCUT2D eigenvalue weighted by Crippen LogP contribution is -2.24. The minimum absolute atomic E-state index is 0.517. The number of hydrogen-bond acceptors (Lipinski definition) is 2. The van der Waals surface area contributed by atoms with Crippen LogP contribution in [-0.2, 0) is 13.6 Å². The molecule has 1 aromatic carbocycles. The number of nitrogens with zero attached hydrogens (tertiary/aromatic N) is 2. The Balaban J connectivity index is 1.82. The molecule has 1 aliphatic heterocycles. The Morgan fingerprint density at radius 3 is 2.90 bits per heavy atom. The van der Waals surface area contributed by atoms with Gasteiger partial charge in [-0.15, -0.1) is 0 Å². The second-order valence-electron chi connectivity index (χ2n) is 5.63. The van der Waals surface area contributed by atoms with E-state index in [2.05, 4.69) is 62.9 Å². The first-order valence-electron chi connectivity index (χ1n) is 7.36. The Morgan fingerprint density at radius 1 is 1.33 bits per heavy atom. The molecule has 0 spiro atoms. The maximum Gasteiger partial charge on any atom is 0.119 e. The van der Waals surface area contributed by atoms with Crippen LogP contribution in [0.2, 0.25) is 0 Å². The van der Waals surface area contributed by atoms with Gasteiger partial charge in [-0.05, 0) is 55.3 Å². The van der Waals surface area contributed by atoms with Crippen molar-refractivity contribution in [2.45, 2.75) is 25.4 Å². The number of rotatable bonds is 4. The summed E-state index contributed by atoms with van der Waals surface area (Å²) in [5, 5.41) is 0. The van der Waals surface area contributed by atoms with Crippen molar-refractivity contribution in [2.24, 2.45) is 7.05 Å². The molecule has 0 amide bonds. The quantitative estimate of drug-likeness (QED) is 0.826. The van der Waals surface area contributed by atoms with Crippen molar-refractivity contribution in [3.05, 3.63) is 52.3 Å². The van der Waals surface area contributed by atoms with Gasteiger partial charge in [0.05, 0.1) is 13.2 Å². The van der Waals surface area contributed by atoms with E-state index in [4.69, 9.17) is 4.74 Å². The second kappa shape index (κ2) is 6.24. The van der Waals surface area contributed by atoms with Crippen LogP contribution >= 0.6 is 15.9 Å². The standard InChI is InChI=1S/C17H21BrN2O/c1-19-9-3-5-16(19)17-6-4-10-20(17)12-13-11-14(21-2)7-8-15(13)18/h3,5,7-9,11,17H,4,6,10,12H2,1-2H3/t17-/m1/s1. The molecular formula is C17H21BrN2O. The first-order valence-corrected chi connectivity index (χ1v) is 8.16. The van der Waals surface area contributed by atoms with Gasteiger partial charge in [-0.2, -0.15) is 0 Å². The Hall–Kier alpha value is -1.26. The summed E-state index contributed by atoms with van der Waals surface area (Å²) in [5.74, 6) is 0.919. The van der Waals surface area contributed by atoms with Gasteiger partial charge in [0.2, 0.25) is 0 Å². The van der Waals surface area contributed by atoms with Crippen LogP contribution in [0.4, 0.5) is 0 Å². The van der Waals surface area contributed by atoms with Gasteiger partial charge in [-0.25, -0.2) is 0 Å². The molecular weight excluding hydrogens is 328 g/mol. The van der Waals surface area contributed by atoms with E-state index in [1.807, 2.05) is 6.07 Å². The maximum atomic E-state index is 5.35. The van der Waals surface area contributed by atoms with Crippen LogP contribution in [0.1, 0.15) is 30.1 Å². The van der Waals surface area contributed by atoms with Gasteiger partial charge in [0.1, 0.15) is 5.75 Å². The normalized spacial score (nSPS) is 19.1. The molecule has 1 aliphatic rings. The second-order valence-corrected chi connectivity index (χ2v) is 6.48. The molecule has 1 fully saturated rings. The predicted molar refractivity (Wildman–Crippen MR) is 88.5 cm³/mol. The molecule has 21 heavy (non-hydrogen) atoms. The minimum atomic E-state index is 0.517. The lowest BCUT2D eigenvalue weighted by Gasteiger charge is -2.25. The number of aromatic nitrogens is 1. The molecule has 0 aliphatic carbocycles. The molecule has 0 N–H and O–H groups in total. The van der Waals surface area contributed by atoms with Gasteiger partial charge >= 0.3 is 0 Å². The molecule has 2 heterocycles. The Bertz CT molecular complexity index is 623. The minimum Gasteiger partial charge on any atom is -0.497 e. The average molecular weight is 349 g/mol. The summed E-state index contributed by atoms with van der Waals surface area (Å²) in [5.41, 5.74) is 2.70. The molecule has 1 saturated heterocycles. The molecule has 3 rings (SSSR count). The van der Waals surface area contributed by atoms with Gasteiger partial charge in [0.25, 0.3) is 0 Å². The van der Waals surface area contributed by atoms with Crippen LogP contribution in [0, 0.1) is 0 Å². The van der Waals surface area contributed by atoms with Crippen molar-refractivity contribution in [1.82, 2.24) is 9.47 Å². The molecule has 2 aromatic rings. The first-order chi connectivity index (χ1) is 10.2. The molecule has 1 atom stereocenters. The number of benzene rings is 1. The van der Waals surface area contributed by atoms with Crippen molar-refractivity contribution in [3.8, 4) is 5.75 Å². The highest BCUT2D eigenvalue weighted by Crippen LogP contribution is 2.34. The third-order valence-corrected chi connectivity index (χ3v) is 5.09. The van der Waals surface area contributed by atoms with E-state index in [1.165, 1.54) is 24.1 Å². The summed E-state index contributed by atoms with van der Waals surface area (Å²) >= 11 is 3.66. The van der Waals surface area contributed by atoms with E-state index in [1.54, 1.807) is 7.11 Å². The van der Waals surface area contributed by atoms with Crippen molar-refractivity contribution in [1.29, 1.82) is 0 Å². The topological polar surface area (TPSA) is 17.4 Å². The zero-order valence-corrected chi connectivity index (χ0v) is 14.1. The molecule has 0 saturated carbocycles. The van der Waals surface area contributed by atoms with E-state index in [9.17, 15) is 0 Å². The molecule has 0 unspecified atom stereocenters. The van der Waals surface area contributed by atoms with Gasteiger partial charge < -0.3 is 9.30 Å². The van der Waals surface area contributed by atoms with Crippen molar-refractivity contribution >= 4 is 15.9 Å². The van der Waals surface area contributed by atoms with Crippen LogP contribution in [-0.4, -0.2) is 23.1 Å². The fraction of sp³-hybridized carbons (Fsp3) is 0.412. The van der Waals surface area contributed by atoms with Gasteiger partial charge in [0, 0.05) is 30.0 Å². The number of likely N-dealkylation sites (tertiary alicyclic amines) is 1. The summed E-state index contributed by atoms with van der Waals surface area (Å²) in [6, 6.07) is 11.1. The summed E-state index contributed by atoms with van der Waals surface area (Å²) < 4.78 is 8.74. The first kappa shape index (κ1) is 14.7. The third kappa shape index (κ3) is 3.01. The zero-order valence-electron chi connectivity index (χ0n) is 12.6. The highest BCUT2D eigenvalue weighted by Gasteiger charge is 2.27. The van der Waals surface area contributed by atoms with Gasteiger partial charge in [-0.3, -0.25) is 4.90 Å². The van der Waals surface area contributed by atoms with Crippen LogP contribution in [0.25, 0.3) is 0 Å². The monoisotopic (exact) mass is 348 g/mol. The zero-order chi connectivity index (χ0) is 14.8. The molecule has 0 bridgehead atoms. The molecule has 0 radical (unpaired) electrons. The molecule has 1 aromatic heterocycles. The highest BCUT2D eigenvalue weighted by molar-refractivity contribution is 9.10. The lowest BCUT2D eigenvalue weighted by atomic mass is 10.1. The Morgan fingerprint density at radius 2 is 2.19 bits per heavy atom. The SMILES string of the molecule is COc1ccc(Br)c(CN2CCC[C@@H]2c2cccn2C)c1. The molecule has 3 nitrogen and oxygen atoms in total. The van der Waals surface area contributed by atoms with E-state index in [0.29, 0.717) is 6.04 Å². The predicted octanol–water partition coefficient (Wildman–Crippen LogP) is 4.13. The number of methoxy groups -OCH3 is 1. The van der Waals surface area contributed by atoms with Gasteiger partial charge in [-0.1, -0.05) is 15.9 Å². The number of hydrogen-bond donors (Lipinski definition) is 0. The van der Waals surface area contributed by atoms with Crippen LogP contribution in [0.5, 0.6) is 5.75 Å². The molecule has 112 valence electrons. The van der Waals surface area contributed by atoms with E-state index in [0.717, 1.165) is 23.3 Å². The number of aryl methyl sites for hydroxylation is 1. The maximum absolute atomic E-state index is 5.35. The summed E-state index contributed by atoms with van der Waals surface area (Å²) in [4.78, 5) is 2.56. The molecule has 4 heteroatoms. The van der Waals surface area contributed by atoms with Crippen LogP contribution in [0.15, 0.2) is 41.0 Å². The Labute approximate surface area is 134 Å². The largest absolute Gasteiger partial charge is 0.497 e. The summed E-state index contributed by atoms with van der Waals surface area (Å²) in [6.45, 7) is 2.10. The fourth-order valence-corrected chi connectivity index (χ4v) is 3.56. The Kier molecular flexibility index (Phi) is 4.36. The van der Waals surface area contributed by atoms with Crippen molar-refractivity contribution < 1.29 is 4.74 Å². The average Bonchev–Trinajstić information content (AvgIpc) is 3.09. The highest BCUT2D eigenvalue weighted by atomic mass is 79.9. The smallest absolute Gasteiger partial charge is 0.119 e. The van der Waals surface area contributed by atoms with Crippen LogP contribution < -0.4 is 4.74 Å². The van der Waals surface area contributed by atoms with E-state index < -0.39 is 0 Å². The van der Waals surface area contributed by atoms with Crippen molar-refractivity contribution in [2.75, 3.05) is 13.7 Å². The van der Waals surface area contributed by atoms with Crippen molar-refractivity contribution in [3.63, 3.8) is 0 Å². The fourth-order valence-electron chi connectivity index (χ4n) is 3.19. The summed E-state index contributed by atoms with van der Waals surface area (Å²) in [7, 11) is 3.85. The van der Waals surface area contributed by atoms with Gasteiger partial charge in [0.15, 0.2) is 0 Å². The number of ether oxygens (including phenoxy) is 1. The van der Waals surface area contributed by atoms with Crippen LogP contribution in [0.3, 0.4) is 0 Å². The van der Waals surface area contributed by atoms with E-state index in [-0.39, 0.29) is 0 Å². The van der Waals surface area contributed by atoms with E-state index >= 15 is 0 Å². The third-order valence-electron chi connectivity index (χ3n) is 4.32. The summed E-state index contributed by atoms with van der Waals surface area (Å²) in [6.07, 6.45) is 4.63. The number of halogens is 1. The lowest BCUT2D eigenvalue weighted by molar-refractivity contribution is 0.240.